The monoisotopic (exact) mass is 398 g/mol. The lowest BCUT2D eigenvalue weighted by Crippen LogP contribution is -2.44. The van der Waals surface area contributed by atoms with E-state index in [-0.39, 0.29) is 29.4 Å². The van der Waals surface area contributed by atoms with E-state index in [9.17, 15) is 13.2 Å². The van der Waals surface area contributed by atoms with Crippen LogP contribution in [-0.2, 0) is 19.4 Å². The van der Waals surface area contributed by atoms with E-state index in [0.717, 1.165) is 50.3 Å². The summed E-state index contributed by atoms with van der Waals surface area (Å²) in [5.74, 6) is 1.36. The van der Waals surface area contributed by atoms with Crippen molar-refractivity contribution >= 4 is 15.7 Å². The Morgan fingerprint density at radius 3 is 2.59 bits per heavy atom. The minimum atomic E-state index is -3.17. The summed E-state index contributed by atoms with van der Waals surface area (Å²) < 4.78 is 35.9. The molecule has 0 radical (unpaired) electrons. The first-order valence-electron chi connectivity index (χ1n) is 9.82. The molecular weight excluding hydrogens is 368 g/mol. The van der Waals surface area contributed by atoms with E-state index in [2.05, 4.69) is 10.2 Å². The SMILES string of the molecule is Cc1ccc(C(CNC(=O)CCS(=O)(=O)C2CCCC2)N2CCOCC2)o1. The van der Waals surface area contributed by atoms with Crippen molar-refractivity contribution in [2.45, 2.75) is 50.3 Å². The van der Waals surface area contributed by atoms with Gasteiger partial charge in [-0.05, 0) is 31.9 Å². The van der Waals surface area contributed by atoms with E-state index < -0.39 is 9.84 Å². The lowest BCUT2D eigenvalue weighted by atomic mass is 10.1. The topological polar surface area (TPSA) is 88.9 Å². The molecular formula is C19H30N2O5S. The van der Waals surface area contributed by atoms with E-state index in [1.165, 1.54) is 0 Å². The molecule has 0 spiro atoms. The maximum absolute atomic E-state index is 12.3. The molecule has 1 unspecified atom stereocenters. The standard InChI is InChI=1S/C19H30N2O5S/c1-15-6-7-18(26-15)17(21-9-11-25-12-10-21)14-20-19(22)8-13-27(23,24)16-4-2-3-5-16/h6-7,16-17H,2-5,8-14H2,1H3,(H,20,22). The second-order valence-electron chi connectivity index (χ2n) is 7.44. The van der Waals surface area contributed by atoms with Crippen molar-refractivity contribution in [3.05, 3.63) is 23.7 Å². The average molecular weight is 399 g/mol. The molecule has 0 aromatic carbocycles. The fraction of sp³-hybridized carbons (Fsp3) is 0.737. The molecule has 2 aliphatic rings. The van der Waals surface area contributed by atoms with Crippen LogP contribution in [0, 0.1) is 6.92 Å². The Balaban J connectivity index is 1.53. The number of carbonyl (C=O) groups is 1. The number of ether oxygens (including phenoxy) is 1. The van der Waals surface area contributed by atoms with Crippen molar-refractivity contribution in [3.8, 4) is 0 Å². The van der Waals surface area contributed by atoms with Crippen LogP contribution in [0.3, 0.4) is 0 Å². The first kappa shape index (κ1) is 20.4. The van der Waals surface area contributed by atoms with E-state index >= 15 is 0 Å². The zero-order valence-electron chi connectivity index (χ0n) is 16.0. The molecule has 1 atom stereocenters. The fourth-order valence-corrected chi connectivity index (χ4v) is 5.73. The number of hydrogen-bond donors (Lipinski definition) is 1. The highest BCUT2D eigenvalue weighted by Gasteiger charge is 2.29. The zero-order chi connectivity index (χ0) is 19.3. The molecule has 1 saturated heterocycles. The Bertz CT molecular complexity index is 718. The predicted octanol–water partition coefficient (Wildman–Crippen LogP) is 1.83. The maximum Gasteiger partial charge on any atom is 0.221 e. The number of nitrogens with zero attached hydrogens (tertiary/aromatic N) is 1. The summed E-state index contributed by atoms with van der Waals surface area (Å²) in [6.45, 7) is 5.15. The molecule has 2 heterocycles. The highest BCUT2D eigenvalue weighted by molar-refractivity contribution is 7.92. The Kier molecular flexibility index (Phi) is 6.94. The number of nitrogens with one attached hydrogen (secondary N) is 1. The molecule has 1 aromatic rings. The van der Waals surface area contributed by atoms with Crippen molar-refractivity contribution < 1.29 is 22.4 Å². The molecule has 2 fully saturated rings. The van der Waals surface area contributed by atoms with Gasteiger partial charge in [-0.1, -0.05) is 12.8 Å². The first-order chi connectivity index (χ1) is 13.0. The van der Waals surface area contributed by atoms with Crippen LogP contribution in [-0.4, -0.2) is 63.1 Å². The number of furan rings is 1. The number of sulfone groups is 1. The summed E-state index contributed by atoms with van der Waals surface area (Å²) >= 11 is 0. The maximum atomic E-state index is 12.3. The summed E-state index contributed by atoms with van der Waals surface area (Å²) in [6.07, 6.45) is 3.44. The summed E-state index contributed by atoms with van der Waals surface area (Å²) in [4.78, 5) is 14.5. The summed E-state index contributed by atoms with van der Waals surface area (Å²) in [6, 6.07) is 3.78. The summed E-state index contributed by atoms with van der Waals surface area (Å²) in [7, 11) is -3.17. The van der Waals surface area contributed by atoms with Gasteiger partial charge in [0.2, 0.25) is 5.91 Å². The van der Waals surface area contributed by atoms with Crippen LogP contribution in [0.1, 0.15) is 49.7 Å². The molecule has 1 aromatic heterocycles. The van der Waals surface area contributed by atoms with Gasteiger partial charge in [-0.3, -0.25) is 9.69 Å². The second kappa shape index (κ2) is 9.21. The molecule has 1 aliphatic carbocycles. The largest absolute Gasteiger partial charge is 0.465 e. The van der Waals surface area contributed by atoms with Gasteiger partial charge in [0.05, 0.1) is 30.3 Å². The molecule has 7 nitrogen and oxygen atoms in total. The molecule has 0 bridgehead atoms. The predicted molar refractivity (Wildman–Crippen MR) is 102 cm³/mol. The quantitative estimate of drug-likeness (QED) is 0.719. The van der Waals surface area contributed by atoms with Gasteiger partial charge in [0.15, 0.2) is 9.84 Å². The van der Waals surface area contributed by atoms with Gasteiger partial charge in [0.25, 0.3) is 0 Å². The minimum Gasteiger partial charge on any atom is -0.465 e. The molecule has 8 heteroatoms. The Labute approximate surface area is 161 Å². The highest BCUT2D eigenvalue weighted by Crippen LogP contribution is 2.26. The van der Waals surface area contributed by atoms with Gasteiger partial charge in [0, 0.05) is 26.1 Å². The normalized spacial score (nSPS) is 20.6. The van der Waals surface area contributed by atoms with E-state index in [4.69, 9.17) is 9.15 Å². The fourth-order valence-electron chi connectivity index (χ4n) is 3.88. The average Bonchev–Trinajstić information content (AvgIpc) is 3.34. The van der Waals surface area contributed by atoms with E-state index in [1.54, 1.807) is 0 Å². The van der Waals surface area contributed by atoms with Crippen molar-refractivity contribution in [2.24, 2.45) is 0 Å². The summed E-state index contributed by atoms with van der Waals surface area (Å²) in [5, 5.41) is 2.65. The number of rotatable bonds is 8. The smallest absolute Gasteiger partial charge is 0.221 e. The van der Waals surface area contributed by atoms with Gasteiger partial charge in [-0.15, -0.1) is 0 Å². The van der Waals surface area contributed by atoms with E-state index in [0.29, 0.717) is 19.8 Å². The zero-order valence-corrected chi connectivity index (χ0v) is 16.8. The molecule has 1 aliphatic heterocycles. The Hall–Kier alpha value is -1.38. The van der Waals surface area contributed by atoms with Gasteiger partial charge in [-0.2, -0.15) is 0 Å². The number of amides is 1. The Morgan fingerprint density at radius 1 is 1.26 bits per heavy atom. The van der Waals surface area contributed by atoms with Gasteiger partial charge in [0.1, 0.15) is 11.5 Å². The number of aryl methyl sites for hydroxylation is 1. The van der Waals surface area contributed by atoms with Crippen molar-refractivity contribution in [2.75, 3.05) is 38.6 Å². The number of carbonyl (C=O) groups excluding carboxylic acids is 1. The van der Waals surface area contributed by atoms with Crippen molar-refractivity contribution in [3.63, 3.8) is 0 Å². The van der Waals surface area contributed by atoms with Gasteiger partial charge >= 0.3 is 0 Å². The molecule has 1 amide bonds. The van der Waals surface area contributed by atoms with Gasteiger partial charge < -0.3 is 14.5 Å². The molecule has 152 valence electrons. The first-order valence-corrected chi connectivity index (χ1v) is 11.5. The second-order valence-corrected chi connectivity index (χ2v) is 9.84. The van der Waals surface area contributed by atoms with Crippen LogP contribution < -0.4 is 5.32 Å². The van der Waals surface area contributed by atoms with E-state index in [1.807, 2.05) is 19.1 Å². The van der Waals surface area contributed by atoms with Crippen LogP contribution >= 0.6 is 0 Å². The minimum absolute atomic E-state index is 0.0197. The molecule has 1 N–H and O–H groups in total. The third-order valence-electron chi connectivity index (χ3n) is 5.49. The summed E-state index contributed by atoms with van der Waals surface area (Å²) in [5.41, 5.74) is 0. The third-order valence-corrected chi connectivity index (χ3v) is 7.75. The third kappa shape index (κ3) is 5.56. The van der Waals surface area contributed by atoms with Crippen LogP contribution in [0.15, 0.2) is 16.5 Å². The lowest BCUT2D eigenvalue weighted by molar-refractivity contribution is -0.121. The number of hydrogen-bond acceptors (Lipinski definition) is 6. The lowest BCUT2D eigenvalue weighted by Gasteiger charge is -2.33. The van der Waals surface area contributed by atoms with Crippen molar-refractivity contribution in [1.82, 2.24) is 10.2 Å². The Morgan fingerprint density at radius 2 is 1.96 bits per heavy atom. The highest BCUT2D eigenvalue weighted by atomic mass is 32.2. The van der Waals surface area contributed by atoms with Crippen LogP contribution in [0.25, 0.3) is 0 Å². The van der Waals surface area contributed by atoms with Crippen molar-refractivity contribution in [1.29, 1.82) is 0 Å². The van der Waals surface area contributed by atoms with Crippen LogP contribution in [0.5, 0.6) is 0 Å². The number of morpholine rings is 1. The molecule has 3 rings (SSSR count). The molecule has 1 saturated carbocycles. The molecule has 27 heavy (non-hydrogen) atoms. The van der Waals surface area contributed by atoms with Gasteiger partial charge in [-0.25, -0.2) is 8.42 Å². The van der Waals surface area contributed by atoms with Crippen LogP contribution in [0.2, 0.25) is 0 Å². The van der Waals surface area contributed by atoms with Crippen LogP contribution in [0.4, 0.5) is 0 Å².